The number of methoxy groups -OCH3 is 1. The number of anilines is 1. The number of amides is 1. The molecule has 0 aromatic heterocycles. The molecule has 0 spiro atoms. The highest BCUT2D eigenvalue weighted by molar-refractivity contribution is 6.09. The van der Waals surface area contributed by atoms with E-state index in [0.717, 1.165) is 5.56 Å². The van der Waals surface area contributed by atoms with E-state index < -0.39 is 11.9 Å². The third-order valence-corrected chi connectivity index (χ3v) is 4.88. The number of ether oxygens (including phenoxy) is 3. The first-order valence-electron chi connectivity index (χ1n) is 10.7. The molecule has 0 atom stereocenters. The Balaban J connectivity index is 1.69. The summed E-state index contributed by atoms with van der Waals surface area (Å²) in [5.74, 6) is 0.0381. The molecular weight excluding hydrogens is 448 g/mol. The topological polar surface area (TPSA) is 118 Å². The number of nitrogens with zero attached hydrogens (tertiary/aromatic N) is 1. The van der Waals surface area contributed by atoms with E-state index >= 15 is 0 Å². The quantitative estimate of drug-likeness (QED) is 0.318. The van der Waals surface area contributed by atoms with Crippen molar-refractivity contribution in [2.75, 3.05) is 19.0 Å². The van der Waals surface area contributed by atoms with E-state index in [1.807, 2.05) is 13.0 Å². The number of rotatable bonds is 10. The smallest absolute Gasteiger partial charge is 0.335 e. The fourth-order valence-corrected chi connectivity index (χ4v) is 3.11. The van der Waals surface area contributed by atoms with Crippen LogP contribution in [0.1, 0.15) is 28.4 Å². The number of carbonyl (C=O) groups is 2. The van der Waals surface area contributed by atoms with Crippen LogP contribution in [0, 0.1) is 11.3 Å². The molecule has 0 aliphatic carbocycles. The molecule has 0 bridgehead atoms. The molecule has 8 heteroatoms. The van der Waals surface area contributed by atoms with Gasteiger partial charge in [-0.2, -0.15) is 5.26 Å². The summed E-state index contributed by atoms with van der Waals surface area (Å²) in [5, 5.41) is 21.2. The molecule has 3 aromatic rings. The minimum absolute atomic E-state index is 0.0758. The van der Waals surface area contributed by atoms with E-state index in [9.17, 15) is 14.9 Å². The van der Waals surface area contributed by atoms with Crippen LogP contribution in [-0.4, -0.2) is 30.7 Å². The van der Waals surface area contributed by atoms with Crippen molar-refractivity contribution in [3.05, 3.63) is 89.0 Å². The molecule has 178 valence electrons. The van der Waals surface area contributed by atoms with Gasteiger partial charge in [0, 0.05) is 5.69 Å². The van der Waals surface area contributed by atoms with Crippen LogP contribution < -0.4 is 19.5 Å². The van der Waals surface area contributed by atoms with Crippen molar-refractivity contribution >= 4 is 23.6 Å². The van der Waals surface area contributed by atoms with Gasteiger partial charge in [-0.3, -0.25) is 4.79 Å². The molecule has 2 N–H and O–H groups in total. The Labute approximate surface area is 203 Å². The summed E-state index contributed by atoms with van der Waals surface area (Å²) in [7, 11) is 1.49. The molecule has 1 amide bonds. The molecule has 8 nitrogen and oxygen atoms in total. The SMILES string of the molecule is CCOc1ccc(NC(=O)/C(C#N)=C\c2ccc(OCc3ccc(C(=O)O)cc3)c(OC)c2)cc1. The lowest BCUT2D eigenvalue weighted by Gasteiger charge is -2.12. The highest BCUT2D eigenvalue weighted by Gasteiger charge is 2.12. The first-order valence-corrected chi connectivity index (χ1v) is 10.7. The summed E-state index contributed by atoms with van der Waals surface area (Å²) in [5.41, 5.74) is 2.03. The van der Waals surface area contributed by atoms with E-state index in [4.69, 9.17) is 19.3 Å². The van der Waals surface area contributed by atoms with Crippen LogP contribution in [0.15, 0.2) is 72.3 Å². The van der Waals surface area contributed by atoms with Gasteiger partial charge in [0.25, 0.3) is 5.91 Å². The highest BCUT2D eigenvalue weighted by Crippen LogP contribution is 2.30. The van der Waals surface area contributed by atoms with Gasteiger partial charge >= 0.3 is 5.97 Å². The van der Waals surface area contributed by atoms with Crippen LogP contribution >= 0.6 is 0 Å². The highest BCUT2D eigenvalue weighted by atomic mass is 16.5. The lowest BCUT2D eigenvalue weighted by Crippen LogP contribution is -2.13. The molecular formula is C27H24N2O6. The normalized spacial score (nSPS) is 10.7. The van der Waals surface area contributed by atoms with Gasteiger partial charge in [0.2, 0.25) is 0 Å². The lowest BCUT2D eigenvalue weighted by molar-refractivity contribution is -0.112. The number of hydrogen-bond acceptors (Lipinski definition) is 6. The van der Waals surface area contributed by atoms with Crippen molar-refractivity contribution in [1.82, 2.24) is 0 Å². The Morgan fingerprint density at radius 1 is 1.00 bits per heavy atom. The van der Waals surface area contributed by atoms with E-state index in [2.05, 4.69) is 5.32 Å². The number of nitrogens with one attached hydrogen (secondary N) is 1. The van der Waals surface area contributed by atoms with Crippen molar-refractivity contribution < 1.29 is 28.9 Å². The zero-order chi connectivity index (χ0) is 25.2. The molecule has 0 heterocycles. The number of carboxylic acid groups (broad SMARTS) is 1. The largest absolute Gasteiger partial charge is 0.494 e. The van der Waals surface area contributed by atoms with Crippen molar-refractivity contribution in [2.24, 2.45) is 0 Å². The van der Waals surface area contributed by atoms with Crippen LogP contribution in [0.4, 0.5) is 5.69 Å². The van der Waals surface area contributed by atoms with Crippen LogP contribution in [0.5, 0.6) is 17.2 Å². The Bertz CT molecular complexity index is 1260. The molecule has 0 radical (unpaired) electrons. The van der Waals surface area contributed by atoms with Gasteiger partial charge in [-0.05, 0) is 72.7 Å². The van der Waals surface area contributed by atoms with Gasteiger partial charge in [0.1, 0.15) is 24.0 Å². The van der Waals surface area contributed by atoms with E-state index in [1.54, 1.807) is 54.6 Å². The summed E-state index contributed by atoms with van der Waals surface area (Å²) in [4.78, 5) is 23.6. The Morgan fingerprint density at radius 3 is 2.31 bits per heavy atom. The average molecular weight is 472 g/mol. The number of hydrogen-bond donors (Lipinski definition) is 2. The monoisotopic (exact) mass is 472 g/mol. The maximum absolute atomic E-state index is 12.6. The number of benzene rings is 3. The summed E-state index contributed by atoms with van der Waals surface area (Å²) in [6.07, 6.45) is 1.46. The van der Waals surface area contributed by atoms with Crippen molar-refractivity contribution in [3.63, 3.8) is 0 Å². The molecule has 3 rings (SSSR count). The minimum Gasteiger partial charge on any atom is -0.494 e. The molecule has 0 aliphatic heterocycles. The van der Waals surface area contributed by atoms with Crippen molar-refractivity contribution in [2.45, 2.75) is 13.5 Å². The predicted octanol–water partition coefficient (Wildman–Crippen LogP) is 4.92. The van der Waals surface area contributed by atoms with E-state index in [0.29, 0.717) is 35.1 Å². The maximum atomic E-state index is 12.6. The number of nitriles is 1. The fraction of sp³-hybridized carbons (Fsp3) is 0.148. The van der Waals surface area contributed by atoms with Gasteiger partial charge in [-0.15, -0.1) is 0 Å². The Hall–Kier alpha value is -4.77. The molecule has 0 saturated carbocycles. The van der Waals surface area contributed by atoms with Gasteiger partial charge in [-0.1, -0.05) is 18.2 Å². The lowest BCUT2D eigenvalue weighted by atomic mass is 10.1. The van der Waals surface area contributed by atoms with Gasteiger partial charge in [0.15, 0.2) is 11.5 Å². The summed E-state index contributed by atoms with van der Waals surface area (Å²) >= 11 is 0. The first-order chi connectivity index (χ1) is 16.9. The minimum atomic E-state index is -0.993. The number of carboxylic acids is 1. The standard InChI is InChI=1S/C27H24N2O6/c1-3-34-23-11-9-22(10-12-23)29-26(30)21(16-28)14-19-6-13-24(25(15-19)33-2)35-17-18-4-7-20(8-5-18)27(31)32/h4-15H,3,17H2,1-2H3,(H,29,30)(H,31,32)/b21-14-. The molecule has 0 fully saturated rings. The van der Waals surface area contributed by atoms with Crippen LogP contribution in [0.3, 0.4) is 0 Å². The Kier molecular flexibility index (Phi) is 8.46. The molecule has 0 aliphatic rings. The molecule has 0 unspecified atom stereocenters. The predicted molar refractivity (Wildman–Crippen MR) is 131 cm³/mol. The van der Waals surface area contributed by atoms with Crippen LogP contribution in [0.25, 0.3) is 6.08 Å². The molecule has 35 heavy (non-hydrogen) atoms. The summed E-state index contributed by atoms with van der Waals surface area (Å²) in [6.45, 7) is 2.63. The Morgan fingerprint density at radius 2 is 1.71 bits per heavy atom. The third-order valence-electron chi connectivity index (χ3n) is 4.88. The first kappa shape index (κ1) is 24.9. The second-order valence-electron chi connectivity index (χ2n) is 7.28. The van der Waals surface area contributed by atoms with Crippen LogP contribution in [-0.2, 0) is 11.4 Å². The summed E-state index contributed by atoms with van der Waals surface area (Å²) in [6, 6.07) is 20.2. The van der Waals surface area contributed by atoms with Crippen LogP contribution in [0.2, 0.25) is 0 Å². The summed E-state index contributed by atoms with van der Waals surface area (Å²) < 4.78 is 16.6. The third kappa shape index (κ3) is 6.85. The average Bonchev–Trinajstić information content (AvgIpc) is 2.87. The second kappa shape index (κ2) is 11.9. The van der Waals surface area contributed by atoms with E-state index in [1.165, 1.54) is 25.3 Å². The van der Waals surface area contributed by atoms with Gasteiger partial charge in [0.05, 0.1) is 19.3 Å². The zero-order valence-corrected chi connectivity index (χ0v) is 19.3. The maximum Gasteiger partial charge on any atom is 0.335 e. The zero-order valence-electron chi connectivity index (χ0n) is 19.3. The molecule has 0 saturated heterocycles. The fourth-order valence-electron chi connectivity index (χ4n) is 3.11. The van der Waals surface area contributed by atoms with Crippen molar-refractivity contribution in [3.8, 4) is 23.3 Å². The van der Waals surface area contributed by atoms with Gasteiger partial charge in [-0.25, -0.2) is 4.79 Å². The van der Waals surface area contributed by atoms with E-state index in [-0.39, 0.29) is 17.7 Å². The van der Waals surface area contributed by atoms with Crippen molar-refractivity contribution in [1.29, 1.82) is 5.26 Å². The number of aromatic carboxylic acids is 1. The number of carbonyl (C=O) groups excluding carboxylic acids is 1. The second-order valence-corrected chi connectivity index (χ2v) is 7.28. The van der Waals surface area contributed by atoms with Gasteiger partial charge < -0.3 is 24.6 Å². The molecule has 3 aromatic carbocycles.